The largest absolute Gasteiger partial charge is 0.399 e. The van der Waals surface area contributed by atoms with Crippen LogP contribution in [0.5, 0.6) is 0 Å². The third-order valence-electron chi connectivity index (χ3n) is 14.4. The van der Waals surface area contributed by atoms with Crippen molar-refractivity contribution in [2.45, 2.75) is 112 Å². The molecule has 0 aromatic heterocycles. The van der Waals surface area contributed by atoms with Crippen LogP contribution in [0.4, 0.5) is 11.4 Å². The highest BCUT2D eigenvalue weighted by Crippen LogP contribution is 2.79. The number of benzene rings is 1. The first-order valence-corrected chi connectivity index (χ1v) is 16.8. The lowest BCUT2D eigenvalue weighted by molar-refractivity contribution is -0.131. The number of nitrogens with two attached hydrogens (primary N) is 2. The molecule has 0 aliphatic heterocycles. The van der Waals surface area contributed by atoms with Crippen molar-refractivity contribution in [3.05, 3.63) is 35.4 Å². The second-order valence-corrected chi connectivity index (χ2v) is 15.9. The van der Waals surface area contributed by atoms with Gasteiger partial charge in [0.2, 0.25) is 0 Å². The van der Waals surface area contributed by atoms with Gasteiger partial charge in [-0.25, -0.2) is 0 Å². The lowest BCUT2D eigenvalue weighted by atomic mass is 9.43. The highest BCUT2D eigenvalue weighted by molar-refractivity contribution is 6.02. The molecule has 4 N–H and O–H groups in total. The maximum absolute atomic E-state index is 13.9. The Labute approximate surface area is 244 Å². The van der Waals surface area contributed by atoms with Crippen molar-refractivity contribution in [3.8, 4) is 0 Å². The molecule has 220 valence electrons. The number of nitrogen functional groups attached to an aromatic ring is 2. The summed E-state index contributed by atoms with van der Waals surface area (Å²) in [5, 5.41) is 0. The highest BCUT2D eigenvalue weighted by atomic mass is 16.1. The van der Waals surface area contributed by atoms with Crippen LogP contribution in [-0.4, -0.2) is 5.78 Å². The normalized spacial score (nSPS) is 44.6. The van der Waals surface area contributed by atoms with E-state index in [0.29, 0.717) is 39.8 Å². The van der Waals surface area contributed by atoms with E-state index in [0.717, 1.165) is 35.2 Å². The monoisotopic (exact) mass is 544 g/mol. The van der Waals surface area contributed by atoms with Crippen molar-refractivity contribution in [3.63, 3.8) is 0 Å². The van der Waals surface area contributed by atoms with E-state index < -0.39 is 0 Å². The van der Waals surface area contributed by atoms with Gasteiger partial charge in [0, 0.05) is 22.9 Å². The summed E-state index contributed by atoms with van der Waals surface area (Å²) in [7, 11) is 0. The molecule has 6 rings (SSSR count). The fraction of sp³-hybridized carbons (Fsp3) is 0.757. The molecule has 0 heterocycles. The van der Waals surface area contributed by atoms with Crippen LogP contribution in [-0.2, 0) is 0 Å². The van der Waals surface area contributed by atoms with Gasteiger partial charge in [-0.1, -0.05) is 46.3 Å². The van der Waals surface area contributed by atoms with Crippen molar-refractivity contribution >= 4 is 17.2 Å². The summed E-state index contributed by atoms with van der Waals surface area (Å²) in [6.07, 6.45) is 17.3. The second-order valence-electron chi connectivity index (χ2n) is 15.9. The van der Waals surface area contributed by atoms with Crippen LogP contribution in [0.1, 0.15) is 123 Å². The van der Waals surface area contributed by atoms with Crippen molar-refractivity contribution in [2.24, 2.45) is 63.6 Å². The number of allylic oxidation sites excluding steroid dienone is 2. The number of anilines is 2. The fourth-order valence-corrected chi connectivity index (χ4v) is 12.3. The van der Waals surface area contributed by atoms with Crippen LogP contribution in [0, 0.1) is 63.6 Å². The van der Waals surface area contributed by atoms with E-state index in [1.165, 1.54) is 70.6 Å². The Balaban J connectivity index is 1.19. The van der Waals surface area contributed by atoms with Crippen LogP contribution in [0.3, 0.4) is 0 Å². The quantitative estimate of drug-likeness (QED) is 0.204. The Morgan fingerprint density at radius 3 is 2.27 bits per heavy atom. The number of hydrogen-bond donors (Lipinski definition) is 2. The Hall–Kier alpha value is -1.77. The molecule has 5 saturated carbocycles. The molecule has 0 spiro atoms. The van der Waals surface area contributed by atoms with E-state index in [2.05, 4.69) is 47.6 Å². The minimum absolute atomic E-state index is 0.145. The highest BCUT2D eigenvalue weighted by Gasteiger charge is 2.74. The molecule has 3 heteroatoms. The zero-order valence-electron chi connectivity index (χ0n) is 26.3. The molecule has 3 nitrogen and oxygen atoms in total. The van der Waals surface area contributed by atoms with E-state index in [4.69, 9.17) is 11.5 Å². The molecule has 0 amide bonds. The Morgan fingerprint density at radius 2 is 1.57 bits per heavy atom. The number of fused-ring (bicyclic) bond motifs is 7. The molecular formula is C37H56N2O. The van der Waals surface area contributed by atoms with Gasteiger partial charge in [0.15, 0.2) is 5.78 Å². The van der Waals surface area contributed by atoms with Gasteiger partial charge in [0.05, 0.1) is 0 Å². The minimum Gasteiger partial charge on any atom is -0.399 e. The van der Waals surface area contributed by atoms with E-state index in [9.17, 15) is 4.79 Å². The summed E-state index contributed by atoms with van der Waals surface area (Å²) in [6.45, 7) is 15.0. The Bertz CT molecular complexity index is 1170. The maximum atomic E-state index is 13.9. The van der Waals surface area contributed by atoms with Crippen molar-refractivity contribution in [1.82, 2.24) is 0 Å². The van der Waals surface area contributed by atoms with E-state index in [1.807, 2.05) is 12.1 Å². The summed E-state index contributed by atoms with van der Waals surface area (Å²) in [5.41, 5.74) is 16.7. The predicted molar refractivity (Wildman–Crippen MR) is 168 cm³/mol. The lowest BCUT2D eigenvalue weighted by Gasteiger charge is -2.62. The van der Waals surface area contributed by atoms with Crippen LogP contribution < -0.4 is 11.5 Å². The minimum atomic E-state index is 0.145. The van der Waals surface area contributed by atoms with Crippen LogP contribution in [0.25, 0.3) is 0 Å². The molecule has 5 aliphatic carbocycles. The van der Waals surface area contributed by atoms with Crippen LogP contribution in [0.15, 0.2) is 29.8 Å². The first kappa shape index (κ1) is 28.4. The first-order valence-electron chi connectivity index (χ1n) is 16.8. The fourth-order valence-electron chi connectivity index (χ4n) is 12.3. The molecule has 5 fully saturated rings. The molecule has 11 unspecified atom stereocenters. The van der Waals surface area contributed by atoms with Gasteiger partial charge in [-0.2, -0.15) is 0 Å². The number of rotatable bonds is 7. The predicted octanol–water partition coefficient (Wildman–Crippen LogP) is 9.33. The smallest absolute Gasteiger partial charge is 0.166 e. The third-order valence-corrected chi connectivity index (χ3v) is 14.4. The second kappa shape index (κ2) is 9.91. The number of ketones is 1. The third kappa shape index (κ3) is 4.14. The standard InChI is InChI=1S/C37H56N2O/c1-7-22(2)9-8-10-23(3)28-12-13-29-27-11-14-32-36(5,30(27)15-17-35(28,29)4)18-16-31-33(37(31,32)6)34(40)24-19-25(38)21-26(39)20-24/h9,19-21,23,27-33H,7-8,10-18,38-39H2,1-6H3/b22-9+. The van der Waals surface area contributed by atoms with Gasteiger partial charge in [-0.3, -0.25) is 4.79 Å². The Kier molecular flexibility index (Phi) is 7.02. The molecule has 11 atom stereocenters. The topological polar surface area (TPSA) is 69.1 Å². The summed E-state index contributed by atoms with van der Waals surface area (Å²) >= 11 is 0. The molecule has 1 aromatic carbocycles. The number of carbonyl (C=O) groups excluding carboxylic acids is 1. The summed E-state index contributed by atoms with van der Waals surface area (Å²) in [6, 6.07) is 5.46. The molecule has 0 bridgehead atoms. The molecule has 0 radical (unpaired) electrons. The van der Waals surface area contributed by atoms with Gasteiger partial charge in [-0.15, -0.1) is 0 Å². The van der Waals surface area contributed by atoms with Crippen molar-refractivity contribution in [1.29, 1.82) is 0 Å². The zero-order chi connectivity index (χ0) is 28.6. The summed E-state index contributed by atoms with van der Waals surface area (Å²) in [5.74, 6) is 6.00. The number of carbonyl (C=O) groups is 1. The summed E-state index contributed by atoms with van der Waals surface area (Å²) < 4.78 is 0. The van der Waals surface area contributed by atoms with Crippen molar-refractivity contribution in [2.75, 3.05) is 11.5 Å². The maximum Gasteiger partial charge on any atom is 0.166 e. The molecule has 5 aliphatic rings. The van der Waals surface area contributed by atoms with E-state index in [-0.39, 0.29) is 11.3 Å². The molecular weight excluding hydrogens is 488 g/mol. The van der Waals surface area contributed by atoms with Crippen LogP contribution in [0.2, 0.25) is 0 Å². The molecule has 40 heavy (non-hydrogen) atoms. The van der Waals surface area contributed by atoms with Gasteiger partial charge >= 0.3 is 0 Å². The SMILES string of the molecule is CC/C(C)=C/CCC(C)C1CCC2C3CCC4C(C)(CCC5C(C(=O)c6cc(N)cc(N)c6)C54C)C3CCC12C. The Morgan fingerprint density at radius 1 is 0.925 bits per heavy atom. The zero-order valence-corrected chi connectivity index (χ0v) is 26.3. The van der Waals surface area contributed by atoms with Gasteiger partial charge in [0.1, 0.15) is 0 Å². The number of hydrogen-bond acceptors (Lipinski definition) is 3. The van der Waals surface area contributed by atoms with E-state index in [1.54, 1.807) is 11.6 Å². The number of Topliss-reactive ketones (excluding diaryl/α,β-unsaturated/α-hetero) is 1. The van der Waals surface area contributed by atoms with E-state index >= 15 is 0 Å². The average molecular weight is 545 g/mol. The first-order chi connectivity index (χ1) is 18.9. The van der Waals surface area contributed by atoms with Crippen LogP contribution >= 0.6 is 0 Å². The van der Waals surface area contributed by atoms with Gasteiger partial charge in [0.25, 0.3) is 0 Å². The van der Waals surface area contributed by atoms with Crippen molar-refractivity contribution < 1.29 is 4.79 Å². The van der Waals surface area contributed by atoms with Gasteiger partial charge < -0.3 is 11.5 Å². The van der Waals surface area contributed by atoms with Gasteiger partial charge in [-0.05, 0) is 153 Å². The summed E-state index contributed by atoms with van der Waals surface area (Å²) in [4.78, 5) is 13.9. The average Bonchev–Trinajstić information content (AvgIpc) is 3.36. The lowest BCUT2D eigenvalue weighted by Crippen LogP contribution is -2.55. The molecule has 0 saturated heterocycles. The molecule has 1 aromatic rings.